The minimum absolute atomic E-state index is 0.331. The first-order chi connectivity index (χ1) is 9.22. The van der Waals surface area contributed by atoms with Gasteiger partial charge in [0.05, 0.1) is 6.04 Å². The minimum Gasteiger partial charge on any atom is -0.333 e. The summed E-state index contributed by atoms with van der Waals surface area (Å²) in [4.78, 5) is 4.46. The van der Waals surface area contributed by atoms with Crippen molar-refractivity contribution < 1.29 is 0 Å². The molecule has 0 bridgehead atoms. The molecule has 0 aliphatic heterocycles. The maximum Gasteiger partial charge on any atom is 0.111 e. The molecule has 1 aromatic heterocycles. The van der Waals surface area contributed by atoms with Gasteiger partial charge in [0.1, 0.15) is 5.82 Å². The number of rotatable bonds is 6. The number of likely N-dealkylation sites (N-methyl/N-ethyl adjacent to an activating group) is 1. The van der Waals surface area contributed by atoms with E-state index in [9.17, 15) is 0 Å². The Morgan fingerprint density at radius 2 is 1.95 bits per heavy atom. The molecule has 0 aliphatic rings. The standard InChI is InChI=1S/C16H23N3/c1-4-17-15(14-8-6-5-7-9-14)12-19-11-10-18-16(19)13(2)3/h5-11,13,15,17H,4,12H2,1-3H3. The molecular formula is C16H23N3. The highest BCUT2D eigenvalue weighted by molar-refractivity contribution is 5.19. The lowest BCUT2D eigenvalue weighted by Crippen LogP contribution is -2.26. The Kier molecular flexibility index (Phi) is 4.74. The second-order valence-electron chi connectivity index (χ2n) is 5.11. The lowest BCUT2D eigenvalue weighted by atomic mass is 10.1. The van der Waals surface area contributed by atoms with Crippen LogP contribution in [-0.4, -0.2) is 16.1 Å². The SMILES string of the molecule is CCNC(Cn1ccnc1C(C)C)c1ccccc1. The van der Waals surface area contributed by atoms with Crippen molar-refractivity contribution in [2.45, 2.75) is 39.3 Å². The predicted molar refractivity (Wildman–Crippen MR) is 79.2 cm³/mol. The van der Waals surface area contributed by atoms with Crippen LogP contribution in [0.5, 0.6) is 0 Å². The van der Waals surface area contributed by atoms with Crippen LogP contribution in [0.4, 0.5) is 0 Å². The molecule has 0 amide bonds. The molecule has 102 valence electrons. The Morgan fingerprint density at radius 3 is 2.58 bits per heavy atom. The number of imidazole rings is 1. The van der Waals surface area contributed by atoms with E-state index in [4.69, 9.17) is 0 Å². The molecule has 2 rings (SSSR count). The Labute approximate surface area is 115 Å². The minimum atomic E-state index is 0.331. The molecule has 1 N–H and O–H groups in total. The summed E-state index contributed by atoms with van der Waals surface area (Å²) >= 11 is 0. The highest BCUT2D eigenvalue weighted by Crippen LogP contribution is 2.18. The van der Waals surface area contributed by atoms with Gasteiger partial charge in [0.15, 0.2) is 0 Å². The first-order valence-corrected chi connectivity index (χ1v) is 7.01. The topological polar surface area (TPSA) is 29.9 Å². The van der Waals surface area contributed by atoms with Crippen molar-refractivity contribution in [2.24, 2.45) is 0 Å². The van der Waals surface area contributed by atoms with Crippen LogP contribution in [0, 0.1) is 0 Å². The summed E-state index contributed by atoms with van der Waals surface area (Å²) in [6.45, 7) is 8.40. The van der Waals surface area contributed by atoms with Gasteiger partial charge in [0.2, 0.25) is 0 Å². The van der Waals surface area contributed by atoms with E-state index >= 15 is 0 Å². The highest BCUT2D eigenvalue weighted by Gasteiger charge is 2.14. The van der Waals surface area contributed by atoms with Gasteiger partial charge in [-0.05, 0) is 12.1 Å². The van der Waals surface area contributed by atoms with E-state index < -0.39 is 0 Å². The van der Waals surface area contributed by atoms with E-state index in [1.165, 1.54) is 5.56 Å². The Morgan fingerprint density at radius 1 is 1.21 bits per heavy atom. The normalized spacial score (nSPS) is 12.8. The van der Waals surface area contributed by atoms with Crippen LogP contribution in [0.25, 0.3) is 0 Å². The number of nitrogens with zero attached hydrogens (tertiary/aromatic N) is 2. The average Bonchev–Trinajstić information content (AvgIpc) is 2.88. The summed E-state index contributed by atoms with van der Waals surface area (Å²) in [6.07, 6.45) is 3.96. The lowest BCUT2D eigenvalue weighted by molar-refractivity contribution is 0.460. The molecule has 0 radical (unpaired) electrons. The van der Waals surface area contributed by atoms with Crippen molar-refractivity contribution in [1.29, 1.82) is 0 Å². The van der Waals surface area contributed by atoms with Crippen molar-refractivity contribution >= 4 is 0 Å². The van der Waals surface area contributed by atoms with Crippen LogP contribution in [-0.2, 0) is 6.54 Å². The van der Waals surface area contributed by atoms with Gasteiger partial charge in [0, 0.05) is 24.9 Å². The van der Waals surface area contributed by atoms with Crippen LogP contribution < -0.4 is 5.32 Å². The van der Waals surface area contributed by atoms with Crippen LogP contribution >= 0.6 is 0 Å². The number of hydrogen-bond acceptors (Lipinski definition) is 2. The maximum atomic E-state index is 4.46. The van der Waals surface area contributed by atoms with Gasteiger partial charge >= 0.3 is 0 Å². The fourth-order valence-electron chi connectivity index (χ4n) is 2.39. The number of benzene rings is 1. The van der Waals surface area contributed by atoms with Gasteiger partial charge in [-0.1, -0.05) is 51.1 Å². The van der Waals surface area contributed by atoms with Gasteiger partial charge in [-0.3, -0.25) is 0 Å². The van der Waals surface area contributed by atoms with Crippen LogP contribution in [0.2, 0.25) is 0 Å². The molecule has 1 atom stereocenters. The first kappa shape index (κ1) is 13.8. The largest absolute Gasteiger partial charge is 0.333 e. The van der Waals surface area contributed by atoms with E-state index in [2.05, 4.69) is 72.2 Å². The van der Waals surface area contributed by atoms with Crippen LogP contribution in [0.15, 0.2) is 42.7 Å². The monoisotopic (exact) mass is 257 g/mol. The molecule has 19 heavy (non-hydrogen) atoms. The molecule has 3 nitrogen and oxygen atoms in total. The summed E-state index contributed by atoms with van der Waals surface area (Å²) in [6, 6.07) is 10.9. The third-order valence-corrected chi connectivity index (χ3v) is 3.30. The average molecular weight is 257 g/mol. The van der Waals surface area contributed by atoms with Crippen molar-refractivity contribution in [3.05, 3.63) is 54.1 Å². The molecule has 0 aliphatic carbocycles. The molecule has 0 fully saturated rings. The summed E-state index contributed by atoms with van der Waals surface area (Å²) in [5.74, 6) is 1.60. The van der Waals surface area contributed by atoms with E-state index in [1.807, 2.05) is 6.20 Å². The Hall–Kier alpha value is -1.61. The zero-order valence-corrected chi connectivity index (χ0v) is 12.0. The summed E-state index contributed by atoms with van der Waals surface area (Å²) in [7, 11) is 0. The molecule has 2 aromatic rings. The summed E-state index contributed by atoms with van der Waals surface area (Å²) < 4.78 is 2.25. The molecule has 0 saturated heterocycles. The van der Waals surface area contributed by atoms with E-state index in [1.54, 1.807) is 0 Å². The van der Waals surface area contributed by atoms with Gasteiger partial charge < -0.3 is 9.88 Å². The predicted octanol–water partition coefficient (Wildman–Crippen LogP) is 3.36. The zero-order valence-electron chi connectivity index (χ0n) is 12.0. The molecule has 3 heteroatoms. The fraction of sp³-hybridized carbons (Fsp3) is 0.438. The number of aromatic nitrogens is 2. The lowest BCUT2D eigenvalue weighted by Gasteiger charge is -2.21. The van der Waals surface area contributed by atoms with Gasteiger partial charge in [-0.25, -0.2) is 4.98 Å². The Bertz CT molecular complexity index is 488. The van der Waals surface area contributed by atoms with Crippen molar-refractivity contribution in [3.63, 3.8) is 0 Å². The van der Waals surface area contributed by atoms with Crippen LogP contribution in [0.3, 0.4) is 0 Å². The van der Waals surface area contributed by atoms with Crippen molar-refractivity contribution in [3.8, 4) is 0 Å². The highest BCUT2D eigenvalue weighted by atomic mass is 15.1. The number of nitrogens with one attached hydrogen (secondary N) is 1. The second kappa shape index (κ2) is 6.53. The van der Waals surface area contributed by atoms with Crippen LogP contribution in [0.1, 0.15) is 44.1 Å². The van der Waals surface area contributed by atoms with E-state index in [-0.39, 0.29) is 0 Å². The molecule has 1 heterocycles. The summed E-state index contributed by atoms with van der Waals surface area (Å²) in [5, 5.41) is 3.55. The summed E-state index contributed by atoms with van der Waals surface area (Å²) in [5.41, 5.74) is 1.33. The van der Waals surface area contributed by atoms with Crippen molar-refractivity contribution in [1.82, 2.24) is 14.9 Å². The Balaban J connectivity index is 2.19. The van der Waals surface area contributed by atoms with Gasteiger partial charge in [-0.2, -0.15) is 0 Å². The second-order valence-corrected chi connectivity index (χ2v) is 5.11. The molecule has 1 unspecified atom stereocenters. The third-order valence-electron chi connectivity index (χ3n) is 3.30. The molecule has 0 saturated carbocycles. The smallest absolute Gasteiger partial charge is 0.111 e. The van der Waals surface area contributed by atoms with Crippen molar-refractivity contribution in [2.75, 3.05) is 6.54 Å². The molecule has 1 aromatic carbocycles. The molecule has 0 spiro atoms. The first-order valence-electron chi connectivity index (χ1n) is 7.01. The van der Waals surface area contributed by atoms with E-state index in [0.717, 1.165) is 18.9 Å². The number of hydrogen-bond donors (Lipinski definition) is 1. The van der Waals surface area contributed by atoms with E-state index in [0.29, 0.717) is 12.0 Å². The zero-order chi connectivity index (χ0) is 13.7. The van der Waals surface area contributed by atoms with Gasteiger partial charge in [0.25, 0.3) is 0 Å². The third kappa shape index (κ3) is 3.44. The fourth-order valence-corrected chi connectivity index (χ4v) is 2.39. The maximum absolute atomic E-state index is 4.46. The van der Waals surface area contributed by atoms with Gasteiger partial charge in [-0.15, -0.1) is 0 Å². The quantitative estimate of drug-likeness (QED) is 0.860. The molecular weight excluding hydrogens is 234 g/mol.